The topological polar surface area (TPSA) is 68.3 Å². The van der Waals surface area contributed by atoms with Gasteiger partial charge in [-0.1, -0.05) is 0 Å². The fourth-order valence-electron chi connectivity index (χ4n) is 1.53. The van der Waals surface area contributed by atoms with Crippen LogP contribution in [0.15, 0.2) is 40.9 Å². The second-order valence-electron chi connectivity index (χ2n) is 3.77. The molecule has 0 unspecified atom stereocenters. The molecular formula is C14H11BrN2O2. The standard InChI is InChI=1S/C14H11BrN2O2/c1-18-11-3-5-14(12(15)7-11)19-13-4-2-10(17)6-9(13)8-16/h2-7H,17H2,1H3. The van der Waals surface area contributed by atoms with Gasteiger partial charge in [-0.2, -0.15) is 5.26 Å². The zero-order valence-electron chi connectivity index (χ0n) is 10.2. The molecule has 2 rings (SSSR count). The largest absolute Gasteiger partial charge is 0.497 e. The molecule has 0 atom stereocenters. The Morgan fingerprint density at radius 2 is 1.89 bits per heavy atom. The van der Waals surface area contributed by atoms with Crippen molar-refractivity contribution in [2.75, 3.05) is 12.8 Å². The van der Waals surface area contributed by atoms with Crippen molar-refractivity contribution in [1.29, 1.82) is 5.26 Å². The average molecular weight is 319 g/mol. The van der Waals surface area contributed by atoms with Crippen molar-refractivity contribution in [3.8, 4) is 23.3 Å². The zero-order valence-corrected chi connectivity index (χ0v) is 11.8. The lowest BCUT2D eigenvalue weighted by atomic mass is 10.2. The van der Waals surface area contributed by atoms with Crippen LogP contribution in [-0.2, 0) is 0 Å². The third kappa shape index (κ3) is 2.98. The van der Waals surface area contributed by atoms with Gasteiger partial charge >= 0.3 is 0 Å². The first kappa shape index (κ1) is 13.2. The zero-order chi connectivity index (χ0) is 13.8. The monoisotopic (exact) mass is 318 g/mol. The molecule has 4 nitrogen and oxygen atoms in total. The molecule has 96 valence electrons. The summed E-state index contributed by atoms with van der Waals surface area (Å²) in [5, 5.41) is 9.06. The van der Waals surface area contributed by atoms with Gasteiger partial charge in [0.05, 0.1) is 17.1 Å². The minimum absolute atomic E-state index is 0.391. The van der Waals surface area contributed by atoms with Crippen LogP contribution < -0.4 is 15.2 Å². The number of nitrogens with zero attached hydrogens (tertiary/aromatic N) is 1. The summed E-state index contributed by atoms with van der Waals surface area (Å²) in [6, 6.07) is 12.3. The van der Waals surface area contributed by atoms with Crippen molar-refractivity contribution < 1.29 is 9.47 Å². The van der Waals surface area contributed by atoms with E-state index in [4.69, 9.17) is 20.5 Å². The molecule has 2 aromatic carbocycles. The minimum atomic E-state index is 0.391. The number of hydrogen-bond donors (Lipinski definition) is 1. The lowest BCUT2D eigenvalue weighted by molar-refractivity contribution is 0.412. The Balaban J connectivity index is 2.34. The molecule has 0 aliphatic heterocycles. The van der Waals surface area contributed by atoms with E-state index in [2.05, 4.69) is 22.0 Å². The Morgan fingerprint density at radius 3 is 2.53 bits per heavy atom. The summed E-state index contributed by atoms with van der Waals surface area (Å²) in [6.45, 7) is 0. The fourth-order valence-corrected chi connectivity index (χ4v) is 1.97. The van der Waals surface area contributed by atoms with Gasteiger partial charge in [-0.05, 0) is 52.3 Å². The second-order valence-corrected chi connectivity index (χ2v) is 4.62. The van der Waals surface area contributed by atoms with Crippen LogP contribution in [0.4, 0.5) is 5.69 Å². The second kappa shape index (κ2) is 5.63. The van der Waals surface area contributed by atoms with E-state index in [0.29, 0.717) is 22.7 Å². The van der Waals surface area contributed by atoms with Gasteiger partial charge in [0.2, 0.25) is 0 Å². The van der Waals surface area contributed by atoms with E-state index in [1.807, 2.05) is 0 Å². The van der Waals surface area contributed by atoms with Gasteiger partial charge in [-0.3, -0.25) is 0 Å². The lowest BCUT2D eigenvalue weighted by Crippen LogP contribution is -1.92. The van der Waals surface area contributed by atoms with Gasteiger partial charge in [0, 0.05) is 5.69 Å². The molecule has 19 heavy (non-hydrogen) atoms. The fraction of sp³-hybridized carbons (Fsp3) is 0.0714. The van der Waals surface area contributed by atoms with Crippen molar-refractivity contribution in [2.45, 2.75) is 0 Å². The van der Waals surface area contributed by atoms with E-state index in [1.165, 1.54) is 0 Å². The number of ether oxygens (including phenoxy) is 2. The molecule has 0 saturated carbocycles. The van der Waals surface area contributed by atoms with Gasteiger partial charge in [0.1, 0.15) is 23.3 Å². The Bertz CT molecular complexity index is 650. The molecule has 0 saturated heterocycles. The molecule has 0 fully saturated rings. The minimum Gasteiger partial charge on any atom is -0.497 e. The maximum absolute atomic E-state index is 9.06. The van der Waals surface area contributed by atoms with Gasteiger partial charge in [0.15, 0.2) is 0 Å². The first-order valence-electron chi connectivity index (χ1n) is 5.45. The predicted molar refractivity (Wildman–Crippen MR) is 76.3 cm³/mol. The van der Waals surface area contributed by atoms with E-state index >= 15 is 0 Å². The van der Waals surface area contributed by atoms with Crippen LogP contribution in [0.3, 0.4) is 0 Å². The molecule has 2 N–H and O–H groups in total. The van der Waals surface area contributed by atoms with Gasteiger partial charge in [0.25, 0.3) is 0 Å². The van der Waals surface area contributed by atoms with Crippen molar-refractivity contribution in [3.05, 3.63) is 46.4 Å². The highest BCUT2D eigenvalue weighted by atomic mass is 79.9. The molecule has 0 heterocycles. The highest BCUT2D eigenvalue weighted by Gasteiger charge is 2.08. The van der Waals surface area contributed by atoms with E-state index in [0.717, 1.165) is 10.2 Å². The number of nitrogens with two attached hydrogens (primary N) is 1. The van der Waals surface area contributed by atoms with Crippen LogP contribution in [0.1, 0.15) is 5.56 Å². The highest BCUT2D eigenvalue weighted by molar-refractivity contribution is 9.10. The van der Waals surface area contributed by atoms with Crippen LogP contribution in [-0.4, -0.2) is 7.11 Å². The van der Waals surface area contributed by atoms with Gasteiger partial charge in [-0.15, -0.1) is 0 Å². The molecule has 0 radical (unpaired) electrons. The van der Waals surface area contributed by atoms with Gasteiger partial charge < -0.3 is 15.2 Å². The smallest absolute Gasteiger partial charge is 0.145 e. The normalized spacial score (nSPS) is 9.74. The van der Waals surface area contributed by atoms with Crippen LogP contribution in [0.2, 0.25) is 0 Å². The van der Waals surface area contributed by atoms with Crippen molar-refractivity contribution in [2.24, 2.45) is 0 Å². The average Bonchev–Trinajstić information content (AvgIpc) is 2.42. The SMILES string of the molecule is COc1ccc(Oc2ccc(N)cc2C#N)c(Br)c1. The highest BCUT2D eigenvalue weighted by Crippen LogP contribution is 2.34. The maximum atomic E-state index is 9.06. The Hall–Kier alpha value is -2.19. The van der Waals surface area contributed by atoms with E-state index in [1.54, 1.807) is 43.5 Å². The number of halogens is 1. The third-order valence-electron chi connectivity index (χ3n) is 2.48. The van der Waals surface area contributed by atoms with Gasteiger partial charge in [-0.25, -0.2) is 0 Å². The summed E-state index contributed by atoms with van der Waals surface area (Å²) in [5.41, 5.74) is 6.55. The summed E-state index contributed by atoms with van der Waals surface area (Å²) < 4.78 is 11.6. The van der Waals surface area contributed by atoms with Crippen molar-refractivity contribution in [3.63, 3.8) is 0 Å². The number of anilines is 1. The summed E-state index contributed by atoms with van der Waals surface area (Å²) in [7, 11) is 1.59. The number of nitriles is 1. The Morgan fingerprint density at radius 1 is 1.16 bits per heavy atom. The van der Waals surface area contributed by atoms with Crippen molar-refractivity contribution in [1.82, 2.24) is 0 Å². The van der Waals surface area contributed by atoms with E-state index in [9.17, 15) is 0 Å². The molecule has 0 aliphatic rings. The van der Waals surface area contributed by atoms with E-state index < -0.39 is 0 Å². The molecule has 0 aromatic heterocycles. The molecule has 0 spiro atoms. The molecule has 0 bridgehead atoms. The molecule has 5 heteroatoms. The number of benzene rings is 2. The first-order chi connectivity index (χ1) is 9.13. The van der Waals surface area contributed by atoms with E-state index in [-0.39, 0.29) is 0 Å². The first-order valence-corrected chi connectivity index (χ1v) is 6.24. The Kier molecular flexibility index (Phi) is 3.93. The molecular weight excluding hydrogens is 308 g/mol. The Labute approximate surface area is 119 Å². The number of methoxy groups -OCH3 is 1. The van der Waals surface area contributed by atoms with Crippen LogP contribution in [0.25, 0.3) is 0 Å². The lowest BCUT2D eigenvalue weighted by Gasteiger charge is -2.10. The van der Waals surface area contributed by atoms with Crippen LogP contribution >= 0.6 is 15.9 Å². The molecule has 0 aliphatic carbocycles. The third-order valence-corrected chi connectivity index (χ3v) is 3.10. The van der Waals surface area contributed by atoms with Crippen LogP contribution in [0.5, 0.6) is 17.2 Å². The van der Waals surface area contributed by atoms with Crippen molar-refractivity contribution >= 4 is 21.6 Å². The molecule has 0 amide bonds. The van der Waals surface area contributed by atoms with Crippen LogP contribution in [0, 0.1) is 11.3 Å². The number of rotatable bonds is 3. The summed E-state index contributed by atoms with van der Waals surface area (Å²) in [4.78, 5) is 0. The predicted octanol–water partition coefficient (Wildman–Crippen LogP) is 3.70. The quantitative estimate of drug-likeness (QED) is 0.876. The number of hydrogen-bond acceptors (Lipinski definition) is 4. The maximum Gasteiger partial charge on any atom is 0.145 e. The molecule has 2 aromatic rings. The summed E-state index contributed by atoms with van der Waals surface area (Å²) >= 11 is 3.39. The summed E-state index contributed by atoms with van der Waals surface area (Å²) in [5.74, 6) is 1.78. The number of nitrogen functional groups attached to an aromatic ring is 1. The summed E-state index contributed by atoms with van der Waals surface area (Å²) in [6.07, 6.45) is 0.